The molecule has 2 aliphatic heterocycles. The number of aliphatic imine (C=N–C) groups is 1. The Kier molecular flexibility index (Phi) is 4.50. The van der Waals surface area contributed by atoms with Gasteiger partial charge in [0, 0.05) is 18.2 Å². The number of anilines is 1. The van der Waals surface area contributed by atoms with E-state index in [1.807, 2.05) is 40.1 Å². The van der Waals surface area contributed by atoms with E-state index < -0.39 is 0 Å². The molecule has 140 valence electrons. The molecular formula is C23H27N3O. The lowest BCUT2D eigenvalue weighted by atomic mass is 9.87. The average molecular weight is 361 g/mol. The second kappa shape index (κ2) is 6.84. The van der Waals surface area contributed by atoms with Crippen LogP contribution < -0.4 is 4.90 Å². The molecule has 0 spiro atoms. The summed E-state index contributed by atoms with van der Waals surface area (Å²) in [6, 6.07) is 18.9. The average Bonchev–Trinajstić information content (AvgIpc) is 2.99. The number of rotatable bonds is 3. The monoisotopic (exact) mass is 361 g/mol. The van der Waals surface area contributed by atoms with Gasteiger partial charge in [0.2, 0.25) is 0 Å². The molecule has 1 fully saturated rings. The van der Waals surface area contributed by atoms with Gasteiger partial charge in [-0.25, -0.2) is 4.79 Å². The molecule has 0 unspecified atom stereocenters. The fraction of sp³-hybridized carbons (Fsp3) is 0.391. The number of amidine groups is 1. The molecule has 0 aromatic heterocycles. The van der Waals surface area contributed by atoms with Gasteiger partial charge in [-0.2, -0.15) is 0 Å². The van der Waals surface area contributed by atoms with Crippen molar-refractivity contribution in [1.82, 2.24) is 4.90 Å². The fourth-order valence-electron chi connectivity index (χ4n) is 4.06. The van der Waals surface area contributed by atoms with E-state index in [-0.39, 0.29) is 24.0 Å². The third kappa shape index (κ3) is 3.03. The number of hydrogen-bond donors (Lipinski definition) is 0. The number of carbonyl (C=O) groups excluding carboxylic acids is 1. The van der Waals surface area contributed by atoms with E-state index in [9.17, 15) is 4.79 Å². The topological polar surface area (TPSA) is 35.9 Å². The number of nitrogens with zero attached hydrogens (tertiary/aromatic N) is 3. The van der Waals surface area contributed by atoms with Gasteiger partial charge in [0.05, 0.1) is 12.1 Å². The molecule has 4 nitrogen and oxygen atoms in total. The number of hydrogen-bond acceptors (Lipinski definition) is 2. The van der Waals surface area contributed by atoms with Crippen molar-refractivity contribution in [2.45, 2.75) is 39.8 Å². The Balaban J connectivity index is 1.63. The summed E-state index contributed by atoms with van der Waals surface area (Å²) < 4.78 is 0. The molecule has 2 aromatic carbocycles. The van der Waals surface area contributed by atoms with Crippen molar-refractivity contribution in [1.29, 1.82) is 0 Å². The summed E-state index contributed by atoms with van der Waals surface area (Å²) in [6.07, 6.45) is 0. The van der Waals surface area contributed by atoms with E-state index in [2.05, 4.69) is 52.0 Å². The van der Waals surface area contributed by atoms with Gasteiger partial charge in [0.15, 0.2) is 0 Å². The van der Waals surface area contributed by atoms with E-state index in [0.29, 0.717) is 12.5 Å². The highest BCUT2D eigenvalue weighted by Gasteiger charge is 2.47. The molecule has 1 saturated heterocycles. The Bertz CT molecular complexity index is 857. The predicted octanol–water partition coefficient (Wildman–Crippen LogP) is 5.05. The first kappa shape index (κ1) is 17.8. The van der Waals surface area contributed by atoms with Crippen LogP contribution in [-0.4, -0.2) is 29.4 Å². The van der Waals surface area contributed by atoms with Crippen LogP contribution in [0.3, 0.4) is 0 Å². The van der Waals surface area contributed by atoms with Crippen molar-refractivity contribution in [2.75, 3.05) is 11.4 Å². The van der Waals surface area contributed by atoms with Gasteiger partial charge in [0.25, 0.3) is 0 Å². The van der Waals surface area contributed by atoms with Crippen molar-refractivity contribution in [3.05, 3.63) is 65.7 Å². The largest absolute Gasteiger partial charge is 0.330 e. The molecule has 2 heterocycles. The van der Waals surface area contributed by atoms with Crippen LogP contribution in [0.2, 0.25) is 0 Å². The van der Waals surface area contributed by atoms with Gasteiger partial charge in [0.1, 0.15) is 5.84 Å². The van der Waals surface area contributed by atoms with Gasteiger partial charge in [-0.05, 0) is 30.5 Å². The van der Waals surface area contributed by atoms with Crippen molar-refractivity contribution in [2.24, 2.45) is 16.8 Å². The summed E-state index contributed by atoms with van der Waals surface area (Å²) in [7, 11) is 0. The van der Waals surface area contributed by atoms with Gasteiger partial charge in [-0.3, -0.25) is 14.8 Å². The molecule has 2 aromatic rings. The minimum atomic E-state index is 0.0506. The Morgan fingerprint density at radius 3 is 2.30 bits per heavy atom. The van der Waals surface area contributed by atoms with E-state index in [1.54, 1.807) is 0 Å². The highest BCUT2D eigenvalue weighted by molar-refractivity contribution is 6.09. The zero-order valence-corrected chi connectivity index (χ0v) is 16.5. The molecular weight excluding hydrogens is 334 g/mol. The van der Waals surface area contributed by atoms with Crippen LogP contribution in [0.5, 0.6) is 0 Å². The summed E-state index contributed by atoms with van der Waals surface area (Å²) in [5.41, 5.74) is 3.38. The normalized spacial score (nSPS) is 25.0. The second-order valence-corrected chi connectivity index (χ2v) is 8.04. The summed E-state index contributed by atoms with van der Waals surface area (Å²) >= 11 is 0. The summed E-state index contributed by atoms with van der Waals surface area (Å²) in [4.78, 5) is 22.0. The lowest BCUT2D eigenvalue weighted by molar-refractivity contribution is 0.218. The lowest BCUT2D eigenvalue weighted by Crippen LogP contribution is -2.50. The van der Waals surface area contributed by atoms with Crippen molar-refractivity contribution in [3.8, 4) is 0 Å². The first-order chi connectivity index (χ1) is 13.0. The summed E-state index contributed by atoms with van der Waals surface area (Å²) in [5, 5.41) is 0. The zero-order chi connectivity index (χ0) is 19.1. The minimum Gasteiger partial charge on any atom is -0.292 e. The van der Waals surface area contributed by atoms with Crippen molar-refractivity contribution in [3.63, 3.8) is 0 Å². The third-order valence-electron chi connectivity index (χ3n) is 5.79. The Labute approximate surface area is 161 Å². The maximum Gasteiger partial charge on any atom is 0.330 e. The standard InChI is InChI=1S/C23H27N3O/c1-15(2)20-14-25(19-12-10-16(3)11-13-19)23(27)26(20)22-17(4)21(24-22)18-8-6-5-7-9-18/h5-13,15,17,20-21H,14H2,1-4H3/t17-,20-,21+/m1/s1. The van der Waals surface area contributed by atoms with Crippen LogP contribution in [0.25, 0.3) is 0 Å². The van der Waals surface area contributed by atoms with Gasteiger partial charge < -0.3 is 0 Å². The first-order valence-electron chi connectivity index (χ1n) is 9.77. The fourth-order valence-corrected chi connectivity index (χ4v) is 4.06. The number of aryl methyl sites for hydroxylation is 1. The number of urea groups is 1. The van der Waals surface area contributed by atoms with E-state index >= 15 is 0 Å². The number of benzene rings is 2. The minimum absolute atomic E-state index is 0.0506. The number of carbonyl (C=O) groups is 1. The van der Waals surface area contributed by atoms with E-state index in [0.717, 1.165) is 11.5 Å². The van der Waals surface area contributed by atoms with Crippen LogP contribution in [0, 0.1) is 18.8 Å². The molecule has 3 atom stereocenters. The van der Waals surface area contributed by atoms with Crippen LogP contribution >= 0.6 is 0 Å². The zero-order valence-electron chi connectivity index (χ0n) is 16.5. The SMILES string of the molecule is Cc1ccc(N2C[C@H](C(C)C)N(C3=N[C@H](c4ccccc4)[C@H]3C)C2=O)cc1. The highest BCUT2D eigenvalue weighted by atomic mass is 16.2. The van der Waals surface area contributed by atoms with Crippen molar-refractivity contribution < 1.29 is 4.79 Å². The quantitative estimate of drug-likeness (QED) is 0.753. The predicted molar refractivity (Wildman–Crippen MR) is 110 cm³/mol. The molecule has 0 radical (unpaired) electrons. The molecule has 0 bridgehead atoms. The first-order valence-corrected chi connectivity index (χ1v) is 9.77. The summed E-state index contributed by atoms with van der Waals surface area (Å²) in [5.74, 6) is 1.55. The van der Waals surface area contributed by atoms with E-state index in [4.69, 9.17) is 4.99 Å². The molecule has 4 heteroatoms. The molecule has 4 rings (SSSR count). The van der Waals surface area contributed by atoms with Crippen LogP contribution in [-0.2, 0) is 0 Å². The Hall–Kier alpha value is -2.62. The third-order valence-corrected chi connectivity index (χ3v) is 5.79. The molecule has 0 N–H and O–H groups in total. The Morgan fingerprint density at radius 2 is 1.70 bits per heavy atom. The van der Waals surface area contributed by atoms with Gasteiger partial charge >= 0.3 is 6.03 Å². The summed E-state index contributed by atoms with van der Waals surface area (Å²) in [6.45, 7) is 9.32. The molecule has 2 aliphatic rings. The lowest BCUT2D eigenvalue weighted by Gasteiger charge is -2.39. The Morgan fingerprint density at radius 1 is 1.04 bits per heavy atom. The van der Waals surface area contributed by atoms with Crippen LogP contribution in [0.1, 0.15) is 37.9 Å². The maximum atomic E-state index is 13.3. The molecule has 0 saturated carbocycles. The second-order valence-electron chi connectivity index (χ2n) is 8.04. The van der Waals surface area contributed by atoms with Crippen molar-refractivity contribution >= 4 is 17.6 Å². The highest BCUT2D eigenvalue weighted by Crippen LogP contribution is 2.40. The molecule has 0 aliphatic carbocycles. The maximum absolute atomic E-state index is 13.3. The smallest absolute Gasteiger partial charge is 0.292 e. The molecule has 2 amide bonds. The van der Waals surface area contributed by atoms with Crippen LogP contribution in [0.4, 0.5) is 10.5 Å². The van der Waals surface area contributed by atoms with E-state index in [1.165, 1.54) is 11.1 Å². The molecule has 27 heavy (non-hydrogen) atoms. The van der Waals surface area contributed by atoms with Gasteiger partial charge in [-0.15, -0.1) is 0 Å². The van der Waals surface area contributed by atoms with Crippen LogP contribution in [0.15, 0.2) is 59.6 Å². The number of amides is 2. The van der Waals surface area contributed by atoms with Gasteiger partial charge in [-0.1, -0.05) is 68.8 Å².